The Morgan fingerprint density at radius 3 is 2.65 bits per heavy atom. The number of benzene rings is 2. The van der Waals surface area contributed by atoms with E-state index in [1.54, 1.807) is 17.0 Å². The number of rotatable bonds is 4. The van der Waals surface area contributed by atoms with Gasteiger partial charge in [0.1, 0.15) is 5.82 Å². The Morgan fingerprint density at radius 1 is 1.15 bits per heavy atom. The summed E-state index contributed by atoms with van der Waals surface area (Å²) in [6.07, 6.45) is 2.10. The second kappa shape index (κ2) is 8.13. The van der Waals surface area contributed by atoms with Gasteiger partial charge in [0.25, 0.3) is 0 Å². The number of anilines is 1. The molecule has 0 spiro atoms. The number of nitrogens with zero attached hydrogens (tertiary/aromatic N) is 1. The number of amides is 2. The van der Waals surface area contributed by atoms with Crippen LogP contribution in [0.25, 0.3) is 11.1 Å². The third kappa shape index (κ3) is 4.28. The van der Waals surface area contributed by atoms with Gasteiger partial charge in [0.2, 0.25) is 11.8 Å². The smallest absolute Gasteiger partial charge is 0.229 e. The lowest BCUT2D eigenvalue weighted by atomic mass is 9.96. The number of piperidine rings is 1. The van der Waals surface area contributed by atoms with E-state index in [9.17, 15) is 14.0 Å². The first-order chi connectivity index (χ1) is 12.6. The standard InChI is InChI=1S/C21H23FN2O2/c1-2-20(25)24-12-4-6-17(14-24)21(26)23-19-7-3-5-16(13-19)15-8-10-18(22)11-9-15/h3,5,7-11,13,17H,2,4,6,12,14H2,1H3,(H,23,26). The van der Waals surface area contributed by atoms with Gasteiger partial charge < -0.3 is 10.2 Å². The molecule has 0 aliphatic carbocycles. The summed E-state index contributed by atoms with van der Waals surface area (Å²) < 4.78 is 13.1. The Hall–Kier alpha value is -2.69. The molecule has 0 aromatic heterocycles. The summed E-state index contributed by atoms with van der Waals surface area (Å²) in [5, 5.41) is 2.96. The summed E-state index contributed by atoms with van der Waals surface area (Å²) >= 11 is 0. The van der Waals surface area contributed by atoms with Crippen LogP contribution in [0.2, 0.25) is 0 Å². The zero-order valence-corrected chi connectivity index (χ0v) is 14.9. The third-order valence-corrected chi connectivity index (χ3v) is 4.76. The second-order valence-corrected chi connectivity index (χ2v) is 6.61. The topological polar surface area (TPSA) is 49.4 Å². The minimum Gasteiger partial charge on any atom is -0.342 e. The molecular weight excluding hydrogens is 331 g/mol. The molecule has 4 nitrogen and oxygen atoms in total. The van der Waals surface area contributed by atoms with E-state index in [-0.39, 0.29) is 23.5 Å². The maximum absolute atomic E-state index is 13.1. The number of carbonyl (C=O) groups excluding carboxylic acids is 2. The Morgan fingerprint density at radius 2 is 1.92 bits per heavy atom. The van der Waals surface area contributed by atoms with Gasteiger partial charge >= 0.3 is 0 Å². The molecule has 1 aliphatic heterocycles. The van der Waals surface area contributed by atoms with Crippen LogP contribution in [0.15, 0.2) is 48.5 Å². The summed E-state index contributed by atoms with van der Waals surface area (Å²) in [5.74, 6) is -0.425. The van der Waals surface area contributed by atoms with Gasteiger partial charge in [-0.25, -0.2) is 4.39 Å². The molecule has 1 heterocycles. The molecular formula is C21H23FN2O2. The molecule has 1 N–H and O–H groups in total. The van der Waals surface area contributed by atoms with Crippen molar-refractivity contribution < 1.29 is 14.0 Å². The first-order valence-electron chi connectivity index (χ1n) is 9.01. The third-order valence-electron chi connectivity index (χ3n) is 4.76. The van der Waals surface area contributed by atoms with E-state index < -0.39 is 0 Å². The zero-order chi connectivity index (χ0) is 18.5. The number of hydrogen-bond acceptors (Lipinski definition) is 2. The first-order valence-corrected chi connectivity index (χ1v) is 9.01. The average molecular weight is 354 g/mol. The van der Waals surface area contributed by atoms with Crippen molar-refractivity contribution >= 4 is 17.5 Å². The minimum absolute atomic E-state index is 0.0603. The highest BCUT2D eigenvalue weighted by atomic mass is 19.1. The lowest BCUT2D eigenvalue weighted by Crippen LogP contribution is -2.43. The van der Waals surface area contributed by atoms with Crippen LogP contribution >= 0.6 is 0 Å². The SMILES string of the molecule is CCC(=O)N1CCCC(C(=O)Nc2cccc(-c3ccc(F)cc3)c2)C1. The van der Waals surface area contributed by atoms with Crippen LogP contribution in [0.5, 0.6) is 0 Å². The van der Waals surface area contributed by atoms with E-state index in [1.165, 1.54) is 12.1 Å². The van der Waals surface area contributed by atoms with Gasteiger partial charge in [-0.05, 0) is 48.2 Å². The predicted octanol–water partition coefficient (Wildman–Crippen LogP) is 4.08. The number of nitrogens with one attached hydrogen (secondary N) is 1. The van der Waals surface area contributed by atoms with Crippen LogP contribution in [0, 0.1) is 11.7 Å². The molecule has 2 aromatic rings. The van der Waals surface area contributed by atoms with E-state index in [2.05, 4.69) is 5.32 Å². The molecule has 0 bridgehead atoms. The van der Waals surface area contributed by atoms with Crippen molar-refractivity contribution in [2.75, 3.05) is 18.4 Å². The quantitative estimate of drug-likeness (QED) is 0.899. The largest absolute Gasteiger partial charge is 0.342 e. The average Bonchev–Trinajstić information content (AvgIpc) is 2.68. The van der Waals surface area contributed by atoms with Crippen molar-refractivity contribution in [2.45, 2.75) is 26.2 Å². The molecule has 5 heteroatoms. The van der Waals surface area contributed by atoms with E-state index in [1.807, 2.05) is 31.2 Å². The van der Waals surface area contributed by atoms with Crippen molar-refractivity contribution in [1.29, 1.82) is 0 Å². The highest BCUT2D eigenvalue weighted by Gasteiger charge is 2.27. The maximum Gasteiger partial charge on any atom is 0.229 e. The molecule has 1 atom stereocenters. The van der Waals surface area contributed by atoms with Crippen molar-refractivity contribution in [3.8, 4) is 11.1 Å². The summed E-state index contributed by atoms with van der Waals surface area (Å²) in [6.45, 7) is 3.06. The van der Waals surface area contributed by atoms with Gasteiger partial charge in [-0.3, -0.25) is 9.59 Å². The zero-order valence-electron chi connectivity index (χ0n) is 14.9. The van der Waals surface area contributed by atoms with Gasteiger partial charge in [-0.15, -0.1) is 0 Å². The lowest BCUT2D eigenvalue weighted by Gasteiger charge is -2.32. The van der Waals surface area contributed by atoms with Gasteiger partial charge in [-0.2, -0.15) is 0 Å². The molecule has 1 saturated heterocycles. The molecule has 1 aliphatic rings. The van der Waals surface area contributed by atoms with Crippen LogP contribution in [0.4, 0.5) is 10.1 Å². The molecule has 2 aromatic carbocycles. The van der Waals surface area contributed by atoms with Gasteiger partial charge in [0.15, 0.2) is 0 Å². The van der Waals surface area contributed by atoms with Gasteiger partial charge in [-0.1, -0.05) is 31.2 Å². The Kier molecular flexibility index (Phi) is 5.66. The fourth-order valence-corrected chi connectivity index (χ4v) is 3.30. The normalized spacial score (nSPS) is 17.0. The van der Waals surface area contributed by atoms with E-state index in [4.69, 9.17) is 0 Å². The van der Waals surface area contributed by atoms with Crippen LogP contribution < -0.4 is 5.32 Å². The monoisotopic (exact) mass is 354 g/mol. The lowest BCUT2D eigenvalue weighted by molar-refractivity contribution is -0.134. The number of halogens is 1. The summed E-state index contributed by atoms with van der Waals surface area (Å²) in [7, 11) is 0. The summed E-state index contributed by atoms with van der Waals surface area (Å²) in [6, 6.07) is 13.8. The summed E-state index contributed by atoms with van der Waals surface area (Å²) in [4.78, 5) is 26.3. The molecule has 26 heavy (non-hydrogen) atoms. The molecule has 2 amide bonds. The van der Waals surface area contributed by atoms with Crippen molar-refractivity contribution in [1.82, 2.24) is 4.90 Å². The van der Waals surface area contributed by atoms with E-state index >= 15 is 0 Å². The van der Waals surface area contributed by atoms with E-state index in [0.29, 0.717) is 18.7 Å². The summed E-state index contributed by atoms with van der Waals surface area (Å²) in [5.41, 5.74) is 2.50. The Balaban J connectivity index is 1.68. The molecule has 3 rings (SSSR count). The van der Waals surface area contributed by atoms with Crippen molar-refractivity contribution in [3.63, 3.8) is 0 Å². The fraction of sp³-hybridized carbons (Fsp3) is 0.333. The number of likely N-dealkylation sites (tertiary alicyclic amines) is 1. The van der Waals surface area contributed by atoms with Crippen molar-refractivity contribution in [2.24, 2.45) is 5.92 Å². The Bertz CT molecular complexity index is 789. The molecule has 1 fully saturated rings. The first kappa shape index (κ1) is 18.1. The van der Waals surface area contributed by atoms with E-state index in [0.717, 1.165) is 30.5 Å². The van der Waals surface area contributed by atoms with Crippen LogP contribution in [0.3, 0.4) is 0 Å². The predicted molar refractivity (Wildman–Crippen MR) is 100 cm³/mol. The molecule has 0 radical (unpaired) electrons. The fourth-order valence-electron chi connectivity index (χ4n) is 3.30. The minimum atomic E-state index is -0.276. The Labute approximate surface area is 153 Å². The molecule has 1 unspecified atom stereocenters. The van der Waals surface area contributed by atoms with Crippen LogP contribution in [-0.4, -0.2) is 29.8 Å². The van der Waals surface area contributed by atoms with Crippen molar-refractivity contribution in [3.05, 3.63) is 54.3 Å². The highest BCUT2D eigenvalue weighted by molar-refractivity contribution is 5.93. The number of hydrogen-bond donors (Lipinski definition) is 1. The molecule has 136 valence electrons. The second-order valence-electron chi connectivity index (χ2n) is 6.61. The highest BCUT2D eigenvalue weighted by Crippen LogP contribution is 2.24. The van der Waals surface area contributed by atoms with Gasteiger partial charge in [0, 0.05) is 25.2 Å². The van der Waals surface area contributed by atoms with Gasteiger partial charge in [0.05, 0.1) is 5.92 Å². The molecule has 0 saturated carbocycles. The maximum atomic E-state index is 13.1. The van der Waals surface area contributed by atoms with Crippen LogP contribution in [-0.2, 0) is 9.59 Å². The number of carbonyl (C=O) groups is 2. The van der Waals surface area contributed by atoms with Crippen LogP contribution in [0.1, 0.15) is 26.2 Å².